The van der Waals surface area contributed by atoms with Crippen LogP contribution in [0.3, 0.4) is 0 Å². The average molecular weight is 304 g/mol. The van der Waals surface area contributed by atoms with Crippen molar-refractivity contribution in [2.45, 2.75) is 26.7 Å². The first kappa shape index (κ1) is 16.3. The summed E-state index contributed by atoms with van der Waals surface area (Å²) < 4.78 is 5.13. The molecule has 0 saturated carbocycles. The molecule has 1 atom stereocenters. The molecular formula is C17H24N2O3. The number of rotatable bonds is 5. The minimum Gasteiger partial charge on any atom is -0.466 e. The molecule has 1 aliphatic heterocycles. The van der Waals surface area contributed by atoms with E-state index in [9.17, 15) is 9.59 Å². The molecular weight excluding hydrogens is 280 g/mol. The molecule has 1 amide bonds. The van der Waals surface area contributed by atoms with Crippen LogP contribution >= 0.6 is 0 Å². The van der Waals surface area contributed by atoms with Crippen molar-refractivity contribution in [1.29, 1.82) is 0 Å². The van der Waals surface area contributed by atoms with E-state index in [2.05, 4.69) is 10.2 Å². The molecule has 1 aromatic carbocycles. The summed E-state index contributed by atoms with van der Waals surface area (Å²) in [4.78, 5) is 26.0. The Labute approximate surface area is 131 Å². The van der Waals surface area contributed by atoms with Crippen molar-refractivity contribution in [3.8, 4) is 0 Å². The summed E-state index contributed by atoms with van der Waals surface area (Å²) in [5, 5.41) is 2.80. The van der Waals surface area contributed by atoms with Gasteiger partial charge in [0.1, 0.15) is 0 Å². The first-order chi connectivity index (χ1) is 10.7. The molecule has 0 bridgehead atoms. The molecule has 120 valence electrons. The maximum Gasteiger partial charge on any atom is 0.310 e. The molecule has 1 heterocycles. The fraction of sp³-hybridized carbons (Fsp3) is 0.529. The van der Waals surface area contributed by atoms with Crippen molar-refractivity contribution < 1.29 is 14.3 Å². The number of benzene rings is 1. The van der Waals surface area contributed by atoms with E-state index in [0.29, 0.717) is 25.3 Å². The lowest BCUT2D eigenvalue weighted by molar-refractivity contribution is -0.148. The Hall–Kier alpha value is -2.04. The van der Waals surface area contributed by atoms with Gasteiger partial charge in [0.05, 0.1) is 12.5 Å². The predicted octanol–water partition coefficient (Wildman–Crippen LogP) is 2.22. The Morgan fingerprint density at radius 2 is 2.18 bits per heavy atom. The number of amides is 1. The van der Waals surface area contributed by atoms with E-state index < -0.39 is 0 Å². The molecule has 1 saturated heterocycles. The van der Waals surface area contributed by atoms with Crippen LogP contribution in [0.5, 0.6) is 0 Å². The van der Waals surface area contributed by atoms with E-state index in [1.54, 1.807) is 6.07 Å². The van der Waals surface area contributed by atoms with E-state index in [0.717, 1.165) is 25.1 Å². The van der Waals surface area contributed by atoms with Gasteiger partial charge in [-0.2, -0.15) is 0 Å². The third kappa shape index (κ3) is 4.00. The Bertz CT molecular complexity index is 530. The Kier molecular flexibility index (Phi) is 5.81. The topological polar surface area (TPSA) is 58.6 Å². The summed E-state index contributed by atoms with van der Waals surface area (Å²) in [5.41, 5.74) is 1.63. The molecule has 0 radical (unpaired) electrons. The summed E-state index contributed by atoms with van der Waals surface area (Å²) in [6.07, 6.45) is 1.82. The van der Waals surface area contributed by atoms with Crippen LogP contribution in [0.25, 0.3) is 0 Å². The van der Waals surface area contributed by atoms with Gasteiger partial charge < -0.3 is 15.0 Å². The molecule has 5 nitrogen and oxygen atoms in total. The second kappa shape index (κ2) is 7.82. The van der Waals surface area contributed by atoms with Crippen LogP contribution in [0.4, 0.5) is 5.69 Å². The molecule has 1 unspecified atom stereocenters. The minimum absolute atomic E-state index is 0.0664. The summed E-state index contributed by atoms with van der Waals surface area (Å²) in [6.45, 7) is 6.30. The van der Waals surface area contributed by atoms with Gasteiger partial charge in [-0.1, -0.05) is 6.07 Å². The Morgan fingerprint density at radius 1 is 1.36 bits per heavy atom. The van der Waals surface area contributed by atoms with Crippen LogP contribution in [-0.4, -0.2) is 38.1 Å². The van der Waals surface area contributed by atoms with Gasteiger partial charge in [0.25, 0.3) is 5.91 Å². The lowest BCUT2D eigenvalue weighted by atomic mass is 9.97. The number of nitrogens with zero attached hydrogens (tertiary/aromatic N) is 1. The first-order valence-corrected chi connectivity index (χ1v) is 7.95. The lowest BCUT2D eigenvalue weighted by Crippen LogP contribution is -2.39. The summed E-state index contributed by atoms with van der Waals surface area (Å²) in [6, 6.07) is 7.56. The van der Waals surface area contributed by atoms with Crippen molar-refractivity contribution in [3.63, 3.8) is 0 Å². The fourth-order valence-corrected chi connectivity index (χ4v) is 2.77. The average Bonchev–Trinajstić information content (AvgIpc) is 2.55. The molecule has 0 aliphatic carbocycles. The number of anilines is 1. The van der Waals surface area contributed by atoms with E-state index in [1.165, 1.54) is 0 Å². The number of nitrogens with one attached hydrogen (secondary N) is 1. The smallest absolute Gasteiger partial charge is 0.310 e. The van der Waals surface area contributed by atoms with E-state index in [-0.39, 0.29) is 17.8 Å². The maximum absolute atomic E-state index is 11.9. The highest BCUT2D eigenvalue weighted by Gasteiger charge is 2.27. The standard InChI is InChI=1S/C17H24N2O3/c1-3-18-16(20)13-7-5-9-15(11-13)19-10-6-8-14(12-19)17(21)22-4-2/h5,7,9,11,14H,3-4,6,8,10,12H2,1-2H3,(H,18,20). The van der Waals surface area contributed by atoms with E-state index in [4.69, 9.17) is 4.74 Å². The van der Waals surface area contributed by atoms with Crippen LogP contribution in [0.1, 0.15) is 37.0 Å². The van der Waals surface area contributed by atoms with Crippen molar-refractivity contribution in [2.24, 2.45) is 5.92 Å². The van der Waals surface area contributed by atoms with Crippen molar-refractivity contribution in [2.75, 3.05) is 31.1 Å². The SMILES string of the molecule is CCNC(=O)c1cccc(N2CCCC(C(=O)OCC)C2)c1. The molecule has 1 fully saturated rings. The minimum atomic E-state index is -0.118. The molecule has 0 spiro atoms. The van der Waals surface area contributed by atoms with Crippen molar-refractivity contribution >= 4 is 17.6 Å². The molecule has 5 heteroatoms. The number of hydrogen-bond donors (Lipinski definition) is 1. The molecule has 0 aromatic heterocycles. The number of ether oxygens (including phenoxy) is 1. The highest BCUT2D eigenvalue weighted by atomic mass is 16.5. The highest BCUT2D eigenvalue weighted by molar-refractivity contribution is 5.95. The number of esters is 1. The highest BCUT2D eigenvalue weighted by Crippen LogP contribution is 2.24. The number of piperidine rings is 1. The maximum atomic E-state index is 11.9. The molecule has 1 aliphatic rings. The normalized spacial score (nSPS) is 17.9. The third-order valence-corrected chi connectivity index (χ3v) is 3.85. The lowest BCUT2D eigenvalue weighted by Gasteiger charge is -2.33. The van der Waals surface area contributed by atoms with Gasteiger partial charge >= 0.3 is 5.97 Å². The van der Waals surface area contributed by atoms with Crippen LogP contribution in [0.2, 0.25) is 0 Å². The summed E-state index contributed by atoms with van der Waals surface area (Å²) in [5.74, 6) is -0.266. The number of carbonyl (C=O) groups excluding carboxylic acids is 2. The molecule has 2 rings (SSSR count). The summed E-state index contributed by atoms with van der Waals surface area (Å²) in [7, 11) is 0. The van der Waals surface area contributed by atoms with E-state index in [1.807, 2.05) is 32.0 Å². The first-order valence-electron chi connectivity index (χ1n) is 7.95. The molecule has 1 aromatic rings. The van der Waals surface area contributed by atoms with Crippen LogP contribution in [0, 0.1) is 5.92 Å². The van der Waals surface area contributed by atoms with Crippen molar-refractivity contribution in [1.82, 2.24) is 5.32 Å². The van der Waals surface area contributed by atoms with Gasteiger partial charge in [-0.25, -0.2) is 0 Å². The van der Waals surface area contributed by atoms with E-state index >= 15 is 0 Å². The van der Waals surface area contributed by atoms with Crippen LogP contribution in [-0.2, 0) is 9.53 Å². The van der Waals surface area contributed by atoms with Crippen LogP contribution in [0.15, 0.2) is 24.3 Å². The predicted molar refractivity (Wildman–Crippen MR) is 86.0 cm³/mol. The zero-order valence-corrected chi connectivity index (χ0v) is 13.3. The number of carbonyl (C=O) groups is 2. The Morgan fingerprint density at radius 3 is 2.91 bits per heavy atom. The number of hydrogen-bond acceptors (Lipinski definition) is 4. The van der Waals surface area contributed by atoms with Gasteiger partial charge in [0.15, 0.2) is 0 Å². The Balaban J connectivity index is 2.09. The zero-order valence-electron chi connectivity index (χ0n) is 13.3. The summed E-state index contributed by atoms with van der Waals surface area (Å²) >= 11 is 0. The molecule has 1 N–H and O–H groups in total. The van der Waals surface area contributed by atoms with Gasteiger partial charge in [0.2, 0.25) is 0 Å². The van der Waals surface area contributed by atoms with Gasteiger partial charge in [-0.3, -0.25) is 9.59 Å². The quantitative estimate of drug-likeness (QED) is 0.847. The van der Waals surface area contributed by atoms with Gasteiger partial charge in [-0.05, 0) is 44.9 Å². The van der Waals surface area contributed by atoms with Gasteiger partial charge in [-0.15, -0.1) is 0 Å². The van der Waals surface area contributed by atoms with Crippen LogP contribution < -0.4 is 10.2 Å². The second-order valence-corrected chi connectivity index (χ2v) is 5.45. The van der Waals surface area contributed by atoms with Crippen molar-refractivity contribution in [3.05, 3.63) is 29.8 Å². The zero-order chi connectivity index (χ0) is 15.9. The third-order valence-electron chi connectivity index (χ3n) is 3.85. The monoisotopic (exact) mass is 304 g/mol. The largest absolute Gasteiger partial charge is 0.466 e. The van der Waals surface area contributed by atoms with Gasteiger partial charge in [0, 0.05) is 30.9 Å². The molecule has 22 heavy (non-hydrogen) atoms. The fourth-order valence-electron chi connectivity index (χ4n) is 2.77. The second-order valence-electron chi connectivity index (χ2n) is 5.45.